The van der Waals surface area contributed by atoms with Crippen molar-refractivity contribution in [2.75, 3.05) is 6.54 Å². The number of aliphatic hydroxyl groups is 1. The summed E-state index contributed by atoms with van der Waals surface area (Å²) in [5.41, 5.74) is 0.130. The standard InChI is InChI=1S/C17H18FNO2S/c1-17(21,14-9-10-22-11-14)12-19-16(20)8-4-6-13-5-2-3-7-15(13)18/h2-7,9-11,21H,8,12H2,1H3,(H,19,20). The molecule has 22 heavy (non-hydrogen) atoms. The van der Waals surface area contributed by atoms with E-state index in [0.717, 1.165) is 5.56 Å². The second-order valence-electron chi connectivity index (χ2n) is 5.19. The molecule has 1 unspecified atom stereocenters. The molecule has 0 fully saturated rings. The molecule has 0 aliphatic heterocycles. The lowest BCUT2D eigenvalue weighted by Crippen LogP contribution is -2.38. The van der Waals surface area contributed by atoms with Gasteiger partial charge in [-0.15, -0.1) is 0 Å². The maximum absolute atomic E-state index is 13.4. The number of halogens is 1. The minimum absolute atomic E-state index is 0.133. The van der Waals surface area contributed by atoms with Gasteiger partial charge >= 0.3 is 0 Å². The minimum Gasteiger partial charge on any atom is -0.384 e. The molecule has 116 valence electrons. The molecule has 1 heterocycles. The summed E-state index contributed by atoms with van der Waals surface area (Å²) in [5, 5.41) is 16.7. The molecule has 0 saturated carbocycles. The molecule has 1 aromatic carbocycles. The highest BCUT2D eigenvalue weighted by Crippen LogP contribution is 2.22. The fraction of sp³-hybridized carbons (Fsp3) is 0.235. The van der Waals surface area contributed by atoms with Crippen molar-refractivity contribution in [3.63, 3.8) is 0 Å². The van der Waals surface area contributed by atoms with Crippen LogP contribution in [0.4, 0.5) is 4.39 Å². The van der Waals surface area contributed by atoms with E-state index in [0.29, 0.717) is 5.56 Å². The van der Waals surface area contributed by atoms with Crippen LogP contribution in [0.5, 0.6) is 0 Å². The van der Waals surface area contributed by atoms with E-state index < -0.39 is 5.60 Å². The number of carbonyl (C=O) groups is 1. The number of rotatable bonds is 6. The van der Waals surface area contributed by atoms with Crippen LogP contribution in [0.15, 0.2) is 47.2 Å². The van der Waals surface area contributed by atoms with Crippen LogP contribution in [0.2, 0.25) is 0 Å². The molecule has 1 amide bonds. The molecule has 1 aromatic heterocycles. The maximum atomic E-state index is 13.4. The van der Waals surface area contributed by atoms with E-state index in [9.17, 15) is 14.3 Å². The number of hydrogen-bond donors (Lipinski definition) is 2. The summed E-state index contributed by atoms with van der Waals surface area (Å²) in [6.07, 6.45) is 3.31. The minimum atomic E-state index is -1.09. The molecule has 0 bridgehead atoms. The maximum Gasteiger partial charge on any atom is 0.223 e. The Morgan fingerprint density at radius 2 is 2.18 bits per heavy atom. The predicted octanol–water partition coefficient (Wildman–Crippen LogP) is 3.31. The third kappa shape index (κ3) is 4.51. The number of nitrogens with one attached hydrogen (secondary N) is 1. The quantitative estimate of drug-likeness (QED) is 0.858. The van der Waals surface area contributed by atoms with Crippen LogP contribution < -0.4 is 5.32 Å². The lowest BCUT2D eigenvalue weighted by Gasteiger charge is -2.22. The van der Waals surface area contributed by atoms with E-state index in [1.165, 1.54) is 17.4 Å². The van der Waals surface area contributed by atoms with Gasteiger partial charge in [0.25, 0.3) is 0 Å². The van der Waals surface area contributed by atoms with Crippen LogP contribution in [-0.2, 0) is 10.4 Å². The van der Waals surface area contributed by atoms with Crippen molar-refractivity contribution in [3.8, 4) is 0 Å². The van der Waals surface area contributed by atoms with Crippen LogP contribution in [0, 0.1) is 5.82 Å². The van der Waals surface area contributed by atoms with Crippen molar-refractivity contribution >= 4 is 23.3 Å². The number of thiophene rings is 1. The van der Waals surface area contributed by atoms with Crippen LogP contribution in [0.25, 0.3) is 6.08 Å². The zero-order chi connectivity index (χ0) is 16.0. The molecule has 0 aliphatic rings. The zero-order valence-electron chi connectivity index (χ0n) is 12.3. The van der Waals surface area contributed by atoms with Gasteiger partial charge in [-0.05, 0) is 35.4 Å². The van der Waals surface area contributed by atoms with E-state index >= 15 is 0 Å². The summed E-state index contributed by atoms with van der Waals surface area (Å²) >= 11 is 1.49. The van der Waals surface area contributed by atoms with Gasteiger partial charge in [-0.2, -0.15) is 11.3 Å². The summed E-state index contributed by atoms with van der Waals surface area (Å²) in [4.78, 5) is 11.8. The third-order valence-electron chi connectivity index (χ3n) is 3.28. The highest BCUT2D eigenvalue weighted by atomic mass is 32.1. The second-order valence-corrected chi connectivity index (χ2v) is 5.97. The average molecular weight is 319 g/mol. The van der Waals surface area contributed by atoms with E-state index in [1.807, 2.05) is 16.8 Å². The lowest BCUT2D eigenvalue weighted by atomic mass is 9.99. The van der Waals surface area contributed by atoms with Crippen LogP contribution in [0.3, 0.4) is 0 Å². The fourth-order valence-corrected chi connectivity index (χ4v) is 2.70. The SMILES string of the molecule is CC(O)(CNC(=O)CC=Cc1ccccc1F)c1ccsc1. The number of amides is 1. The molecular weight excluding hydrogens is 301 g/mol. The Bertz CT molecular complexity index is 650. The molecule has 0 saturated heterocycles. The summed E-state index contributed by atoms with van der Waals surface area (Å²) in [5.74, 6) is -0.539. The monoisotopic (exact) mass is 319 g/mol. The van der Waals surface area contributed by atoms with Crippen molar-refractivity contribution < 1.29 is 14.3 Å². The molecule has 5 heteroatoms. The van der Waals surface area contributed by atoms with Gasteiger partial charge in [0, 0.05) is 12.0 Å². The largest absolute Gasteiger partial charge is 0.384 e. The van der Waals surface area contributed by atoms with Gasteiger partial charge in [0.1, 0.15) is 11.4 Å². The fourth-order valence-electron chi connectivity index (χ4n) is 1.92. The van der Waals surface area contributed by atoms with Crippen molar-refractivity contribution in [2.24, 2.45) is 0 Å². The molecule has 0 spiro atoms. The topological polar surface area (TPSA) is 49.3 Å². The first-order valence-electron chi connectivity index (χ1n) is 6.92. The van der Waals surface area contributed by atoms with Gasteiger partial charge in [-0.25, -0.2) is 4.39 Å². The summed E-state index contributed by atoms with van der Waals surface area (Å²) in [7, 11) is 0. The Labute approximate surface area is 133 Å². The number of benzene rings is 1. The average Bonchev–Trinajstić information content (AvgIpc) is 3.02. The Kier molecular flexibility index (Phi) is 5.46. The smallest absolute Gasteiger partial charge is 0.223 e. The van der Waals surface area contributed by atoms with E-state index in [-0.39, 0.29) is 24.7 Å². The summed E-state index contributed by atoms with van der Waals surface area (Å²) in [6, 6.07) is 8.20. The van der Waals surface area contributed by atoms with Crippen molar-refractivity contribution in [3.05, 3.63) is 64.1 Å². The predicted molar refractivity (Wildman–Crippen MR) is 87.0 cm³/mol. The van der Waals surface area contributed by atoms with Crippen molar-refractivity contribution in [2.45, 2.75) is 18.9 Å². The molecule has 2 N–H and O–H groups in total. The van der Waals surface area contributed by atoms with Gasteiger partial charge in [-0.3, -0.25) is 4.79 Å². The molecular formula is C17H18FNO2S. The van der Waals surface area contributed by atoms with Crippen molar-refractivity contribution in [1.29, 1.82) is 0 Å². The Hall–Kier alpha value is -1.98. The Morgan fingerprint density at radius 3 is 2.86 bits per heavy atom. The van der Waals surface area contributed by atoms with Crippen LogP contribution >= 0.6 is 11.3 Å². The molecule has 1 atom stereocenters. The zero-order valence-corrected chi connectivity index (χ0v) is 13.1. The van der Waals surface area contributed by atoms with Gasteiger partial charge in [0.15, 0.2) is 0 Å². The molecule has 0 aliphatic carbocycles. The van der Waals surface area contributed by atoms with Gasteiger partial charge in [0.05, 0.1) is 6.54 Å². The summed E-state index contributed by atoms with van der Waals surface area (Å²) in [6.45, 7) is 1.79. The molecule has 3 nitrogen and oxygen atoms in total. The van der Waals surface area contributed by atoms with E-state index in [4.69, 9.17) is 0 Å². The Morgan fingerprint density at radius 1 is 1.41 bits per heavy atom. The highest BCUT2D eigenvalue weighted by molar-refractivity contribution is 7.08. The highest BCUT2D eigenvalue weighted by Gasteiger charge is 2.23. The molecule has 0 radical (unpaired) electrons. The van der Waals surface area contributed by atoms with Gasteiger partial charge < -0.3 is 10.4 Å². The van der Waals surface area contributed by atoms with Gasteiger partial charge in [0.2, 0.25) is 5.91 Å². The van der Waals surface area contributed by atoms with E-state index in [1.54, 1.807) is 37.3 Å². The van der Waals surface area contributed by atoms with Crippen LogP contribution in [0.1, 0.15) is 24.5 Å². The first kappa shape index (κ1) is 16.4. The van der Waals surface area contributed by atoms with Crippen LogP contribution in [-0.4, -0.2) is 17.6 Å². The number of carbonyl (C=O) groups excluding carboxylic acids is 1. The Balaban J connectivity index is 1.83. The first-order chi connectivity index (χ1) is 10.5. The third-order valence-corrected chi connectivity index (χ3v) is 3.96. The van der Waals surface area contributed by atoms with Gasteiger partial charge in [-0.1, -0.05) is 30.4 Å². The summed E-state index contributed by atoms with van der Waals surface area (Å²) < 4.78 is 13.4. The lowest BCUT2D eigenvalue weighted by molar-refractivity contribution is -0.121. The second kappa shape index (κ2) is 7.33. The normalized spacial score (nSPS) is 14.0. The molecule has 2 aromatic rings. The van der Waals surface area contributed by atoms with Crippen molar-refractivity contribution in [1.82, 2.24) is 5.32 Å². The van der Waals surface area contributed by atoms with E-state index in [2.05, 4.69) is 5.32 Å². The first-order valence-corrected chi connectivity index (χ1v) is 7.86. The molecule has 2 rings (SSSR count). The number of hydrogen-bond acceptors (Lipinski definition) is 3.